The fourth-order valence-electron chi connectivity index (χ4n) is 3.92. The van der Waals surface area contributed by atoms with Gasteiger partial charge in [-0.05, 0) is 5.92 Å². The summed E-state index contributed by atoms with van der Waals surface area (Å²) in [4.78, 5) is 52.2. The molecule has 1 aromatic carbocycles. The quantitative estimate of drug-likeness (QED) is 0.189. The van der Waals surface area contributed by atoms with Crippen LogP contribution in [0.4, 0.5) is 14.6 Å². The number of carbonyl (C=O) groups is 2. The first-order chi connectivity index (χ1) is 20.0. The minimum atomic E-state index is -4.57. The van der Waals surface area contributed by atoms with Crippen LogP contribution in [0.1, 0.15) is 47.8 Å². The molecule has 0 aliphatic carbocycles. The third kappa shape index (κ3) is 8.74. The summed E-state index contributed by atoms with van der Waals surface area (Å²) in [5.41, 5.74) is -1.16. The Bertz CT molecular complexity index is 1320. The summed E-state index contributed by atoms with van der Waals surface area (Å²) in [7, 11) is -4.57. The number of aliphatic hydroxyl groups excluding tert-OH is 1. The molecule has 0 bridgehead atoms. The Morgan fingerprint density at radius 3 is 2.37 bits per heavy atom. The summed E-state index contributed by atoms with van der Waals surface area (Å²) in [6, 6.07) is 7.95. The Morgan fingerprint density at radius 1 is 1.14 bits per heavy atom. The fourth-order valence-corrected chi connectivity index (χ4v) is 5.63. The van der Waals surface area contributed by atoms with Gasteiger partial charge in [-0.15, -0.1) is 0 Å². The number of hydrogen-bond acceptors (Lipinski definition) is 11. The fraction of sp³-hybridized carbons (Fsp3) is 0.556. The summed E-state index contributed by atoms with van der Waals surface area (Å²) >= 11 is 0. The topological polar surface area (TPSA) is 170 Å². The molecule has 16 heteroatoms. The standard InChI is InChI=1S/C27H39F2N4O9P/c1-15(2)17(5)23(35)30-21-12-13-33(26(37)31-21)25-27(28,29)22(34)20(41-25)14-39-43(38,42-19-10-8-7-9-11-19)32-18(6)24(36)40-16(3)4/h7-13,15-18,20,22,25,32,34,38,43H,14H2,1-6H3,(H,30,31,35,37)/t17-,18+,20-,22-,25?/m1/s1. The van der Waals surface area contributed by atoms with E-state index in [2.05, 4.69) is 15.4 Å². The molecule has 240 valence electrons. The number of esters is 1. The summed E-state index contributed by atoms with van der Waals surface area (Å²) in [5.74, 6) is -5.48. The van der Waals surface area contributed by atoms with E-state index < -0.39 is 74.7 Å². The third-order valence-electron chi connectivity index (χ3n) is 6.67. The number of anilines is 1. The Balaban J connectivity index is 1.77. The molecule has 0 saturated carbocycles. The van der Waals surface area contributed by atoms with Gasteiger partial charge in [0.2, 0.25) is 0 Å². The number of rotatable bonds is 13. The molecular weight excluding hydrogens is 593 g/mol. The number of ether oxygens (including phenoxy) is 2. The number of nitrogens with one attached hydrogen (secondary N) is 2. The average molecular weight is 633 g/mol. The van der Waals surface area contributed by atoms with Crippen LogP contribution in [0.15, 0.2) is 47.4 Å². The van der Waals surface area contributed by atoms with E-state index >= 15 is 8.78 Å². The molecule has 1 amide bonds. The number of hydrogen-bond donors (Lipinski definition) is 4. The summed E-state index contributed by atoms with van der Waals surface area (Å²) < 4.78 is 52.4. The van der Waals surface area contributed by atoms with Gasteiger partial charge in [-0.2, -0.15) is 0 Å². The zero-order valence-electron chi connectivity index (χ0n) is 24.7. The number of benzene rings is 1. The van der Waals surface area contributed by atoms with Crippen molar-refractivity contribution in [2.75, 3.05) is 11.9 Å². The van der Waals surface area contributed by atoms with Gasteiger partial charge >= 0.3 is 221 Å². The number of amides is 1. The molecule has 43 heavy (non-hydrogen) atoms. The van der Waals surface area contributed by atoms with Crippen molar-refractivity contribution in [1.82, 2.24) is 14.6 Å². The van der Waals surface area contributed by atoms with Crippen molar-refractivity contribution < 1.29 is 46.9 Å². The Morgan fingerprint density at radius 2 is 1.79 bits per heavy atom. The second-order valence-electron chi connectivity index (χ2n) is 10.8. The summed E-state index contributed by atoms with van der Waals surface area (Å²) in [6.07, 6.45) is -5.97. The molecule has 5 atom stereocenters. The van der Waals surface area contributed by atoms with Crippen molar-refractivity contribution in [2.45, 2.75) is 78.0 Å². The van der Waals surface area contributed by atoms with Crippen LogP contribution in [0.5, 0.6) is 5.75 Å². The second-order valence-corrected chi connectivity index (χ2v) is 12.8. The molecule has 1 aliphatic rings. The van der Waals surface area contributed by atoms with E-state index in [1.165, 1.54) is 19.1 Å². The Labute approximate surface area is 248 Å². The summed E-state index contributed by atoms with van der Waals surface area (Å²) in [5, 5.41) is 15.5. The molecule has 1 aromatic heterocycles. The molecule has 0 radical (unpaired) electrons. The van der Waals surface area contributed by atoms with E-state index in [1.54, 1.807) is 39.0 Å². The molecule has 2 heterocycles. The van der Waals surface area contributed by atoms with Crippen LogP contribution in [0, 0.1) is 11.8 Å². The van der Waals surface area contributed by atoms with E-state index in [4.69, 9.17) is 18.5 Å². The predicted octanol–water partition coefficient (Wildman–Crippen LogP) is 2.79. The first-order valence-corrected chi connectivity index (χ1v) is 15.5. The van der Waals surface area contributed by atoms with Gasteiger partial charge < -0.3 is 0 Å². The molecule has 1 saturated heterocycles. The SMILES string of the molecule is CC(C)OC(=O)[C@H](C)N[PH](O)(OC[C@H]1OC(n2ccc(NC(=O)[C@H](C)C(C)C)nc2=O)C(F)(F)[C@@H]1O)Oc1ccccc1. The first kappa shape index (κ1) is 34.4. The van der Waals surface area contributed by atoms with Crippen LogP contribution in [0.3, 0.4) is 0 Å². The van der Waals surface area contributed by atoms with Crippen LogP contribution in [0.2, 0.25) is 0 Å². The zero-order valence-corrected chi connectivity index (χ0v) is 25.7. The van der Waals surface area contributed by atoms with Crippen LogP contribution in [-0.4, -0.2) is 68.3 Å². The Kier molecular flexibility index (Phi) is 11.3. The normalized spacial score (nSPS) is 21.8. The number of carbonyl (C=O) groups excluding carboxylic acids is 2. The molecule has 13 nitrogen and oxygen atoms in total. The van der Waals surface area contributed by atoms with E-state index in [-0.39, 0.29) is 17.5 Å². The van der Waals surface area contributed by atoms with Crippen molar-refractivity contribution in [3.63, 3.8) is 0 Å². The minimum absolute atomic E-state index is 0.0117. The van der Waals surface area contributed by atoms with Crippen LogP contribution in [-0.2, 0) is 23.6 Å². The van der Waals surface area contributed by atoms with Gasteiger partial charge in [-0.25, -0.2) is 0 Å². The van der Waals surface area contributed by atoms with Crippen molar-refractivity contribution in [2.24, 2.45) is 11.8 Å². The van der Waals surface area contributed by atoms with Crippen LogP contribution in [0.25, 0.3) is 0 Å². The van der Waals surface area contributed by atoms with Crippen molar-refractivity contribution in [3.05, 3.63) is 53.1 Å². The van der Waals surface area contributed by atoms with Gasteiger partial charge in [0.25, 0.3) is 0 Å². The van der Waals surface area contributed by atoms with Gasteiger partial charge in [-0.1, -0.05) is 20.8 Å². The first-order valence-electron chi connectivity index (χ1n) is 13.7. The molecule has 2 aromatic rings. The maximum atomic E-state index is 15.2. The van der Waals surface area contributed by atoms with Crippen LogP contribution < -0.4 is 20.6 Å². The van der Waals surface area contributed by atoms with Gasteiger partial charge in [0.1, 0.15) is 0 Å². The molecule has 0 spiro atoms. The van der Waals surface area contributed by atoms with E-state index in [0.717, 1.165) is 12.3 Å². The van der Waals surface area contributed by atoms with Crippen molar-refractivity contribution >= 4 is 25.8 Å². The number of nitrogens with zero attached hydrogens (tertiary/aromatic N) is 2. The van der Waals surface area contributed by atoms with E-state index in [1.807, 2.05) is 13.8 Å². The molecule has 1 unspecified atom stereocenters. The second kappa shape index (κ2) is 14.1. The van der Waals surface area contributed by atoms with Crippen molar-refractivity contribution in [1.29, 1.82) is 0 Å². The Hall–Kier alpha value is -3.07. The molecule has 3 rings (SSSR count). The van der Waals surface area contributed by atoms with Gasteiger partial charge in [0.15, 0.2) is 0 Å². The van der Waals surface area contributed by atoms with Gasteiger partial charge in [-0.3, -0.25) is 0 Å². The predicted molar refractivity (Wildman–Crippen MR) is 153 cm³/mol. The van der Waals surface area contributed by atoms with Crippen LogP contribution >= 0.6 is 8.09 Å². The van der Waals surface area contributed by atoms with E-state index in [0.29, 0.717) is 4.57 Å². The number of aliphatic hydroxyl groups is 1. The zero-order chi connectivity index (χ0) is 32.1. The monoisotopic (exact) mass is 632 g/mol. The van der Waals surface area contributed by atoms with Gasteiger partial charge in [0, 0.05) is 0 Å². The van der Waals surface area contributed by atoms with Gasteiger partial charge in [0.05, 0.1) is 0 Å². The van der Waals surface area contributed by atoms with E-state index in [9.17, 15) is 24.4 Å². The number of para-hydroxylation sites is 1. The summed E-state index contributed by atoms with van der Waals surface area (Å²) in [6.45, 7) is 9.23. The molecule has 4 N–H and O–H groups in total. The molecule has 1 aliphatic heterocycles. The third-order valence-corrected chi connectivity index (χ3v) is 8.54. The average Bonchev–Trinajstić information content (AvgIpc) is 3.15. The maximum absolute atomic E-state index is 15.2. The number of alkyl halides is 2. The molecular formula is C27H39F2N4O9P. The number of aromatic nitrogens is 2. The molecule has 1 fully saturated rings. The van der Waals surface area contributed by atoms with Crippen molar-refractivity contribution in [3.8, 4) is 5.75 Å². The number of halogens is 2.